The van der Waals surface area contributed by atoms with Gasteiger partial charge in [0.1, 0.15) is 12.8 Å². The summed E-state index contributed by atoms with van der Waals surface area (Å²) >= 11 is 0. The summed E-state index contributed by atoms with van der Waals surface area (Å²) in [4.78, 5) is 15.3. The van der Waals surface area contributed by atoms with Crippen molar-refractivity contribution in [2.24, 2.45) is 5.92 Å². The van der Waals surface area contributed by atoms with Crippen LogP contribution in [-0.2, 0) is 21.4 Å². The quantitative estimate of drug-likeness (QED) is 0.465. The van der Waals surface area contributed by atoms with Crippen molar-refractivity contribution in [3.8, 4) is 11.1 Å². The smallest absolute Gasteiger partial charge is 0.315 e. The van der Waals surface area contributed by atoms with Gasteiger partial charge in [-0.05, 0) is 23.1 Å². The molecule has 0 bridgehead atoms. The van der Waals surface area contributed by atoms with E-state index < -0.39 is 41.2 Å². The molecule has 2 aromatic rings. The Balaban J connectivity index is 2.04. The molecular formula is C21H26F3N3O4S. The number of hydrogen-bond donors (Lipinski definition) is 3. The van der Waals surface area contributed by atoms with Crippen LogP contribution in [0.1, 0.15) is 31.2 Å². The molecule has 1 heterocycles. The van der Waals surface area contributed by atoms with Crippen LogP contribution in [0.15, 0.2) is 42.6 Å². The lowest BCUT2D eigenvalue weighted by atomic mass is 9.99. The van der Waals surface area contributed by atoms with Crippen molar-refractivity contribution < 1.29 is 31.5 Å². The van der Waals surface area contributed by atoms with Crippen LogP contribution in [0.25, 0.3) is 11.1 Å². The highest BCUT2D eigenvalue weighted by molar-refractivity contribution is 7.89. The van der Waals surface area contributed by atoms with Gasteiger partial charge in [0, 0.05) is 11.8 Å². The van der Waals surface area contributed by atoms with Gasteiger partial charge < -0.3 is 10.4 Å². The average molecular weight is 474 g/mol. The van der Waals surface area contributed by atoms with Crippen LogP contribution in [-0.4, -0.2) is 49.3 Å². The largest absolute Gasteiger partial charge is 0.386 e. The summed E-state index contributed by atoms with van der Waals surface area (Å²) in [5.41, 5.74) is 2.21. The van der Waals surface area contributed by atoms with Crippen LogP contribution in [0.2, 0.25) is 0 Å². The first kappa shape index (κ1) is 25.8. The molecule has 176 valence electrons. The molecule has 1 aromatic carbocycles. The van der Waals surface area contributed by atoms with Crippen LogP contribution in [0.4, 0.5) is 13.2 Å². The van der Waals surface area contributed by atoms with Crippen molar-refractivity contribution in [1.82, 2.24) is 15.0 Å². The lowest BCUT2D eigenvalue weighted by molar-refractivity contribution is -0.133. The fourth-order valence-corrected chi connectivity index (χ4v) is 4.30. The number of pyridine rings is 1. The third-order valence-electron chi connectivity index (χ3n) is 4.51. The minimum Gasteiger partial charge on any atom is -0.386 e. The van der Waals surface area contributed by atoms with E-state index in [0.29, 0.717) is 16.8 Å². The van der Waals surface area contributed by atoms with Crippen molar-refractivity contribution in [2.75, 3.05) is 12.4 Å². The SMILES string of the molecule is CC(C)CS(=O)(=O)NCc1ccc(-c2ccc([C@H](O)[C@@H](CF)NC(=O)C(F)F)cc2)cn1. The Hall–Kier alpha value is -2.50. The highest BCUT2D eigenvalue weighted by atomic mass is 32.2. The van der Waals surface area contributed by atoms with Crippen LogP contribution >= 0.6 is 0 Å². The van der Waals surface area contributed by atoms with Gasteiger partial charge in [-0.1, -0.05) is 44.2 Å². The predicted octanol–water partition coefficient (Wildman–Crippen LogP) is 2.58. The first-order valence-electron chi connectivity index (χ1n) is 9.87. The molecule has 1 amide bonds. The van der Waals surface area contributed by atoms with Crippen LogP contribution < -0.4 is 10.0 Å². The number of aromatic nitrogens is 1. The van der Waals surface area contributed by atoms with Gasteiger partial charge in [-0.3, -0.25) is 9.78 Å². The van der Waals surface area contributed by atoms with Gasteiger partial charge in [0.25, 0.3) is 5.91 Å². The Labute approximate surface area is 185 Å². The van der Waals surface area contributed by atoms with E-state index in [0.717, 1.165) is 0 Å². The maximum absolute atomic E-state index is 13.1. The number of rotatable bonds is 11. The summed E-state index contributed by atoms with van der Waals surface area (Å²) in [6.45, 7) is 2.48. The van der Waals surface area contributed by atoms with Crippen LogP contribution in [0.5, 0.6) is 0 Å². The molecule has 1 aromatic heterocycles. The van der Waals surface area contributed by atoms with Crippen LogP contribution in [0.3, 0.4) is 0 Å². The van der Waals surface area contributed by atoms with E-state index in [9.17, 15) is 31.5 Å². The molecule has 0 unspecified atom stereocenters. The lowest BCUT2D eigenvalue weighted by Crippen LogP contribution is -2.43. The average Bonchev–Trinajstić information content (AvgIpc) is 2.75. The van der Waals surface area contributed by atoms with E-state index in [1.165, 1.54) is 12.1 Å². The number of carbonyl (C=O) groups excluding carboxylic acids is 1. The van der Waals surface area contributed by atoms with Crippen molar-refractivity contribution in [3.63, 3.8) is 0 Å². The summed E-state index contributed by atoms with van der Waals surface area (Å²) in [6, 6.07) is 8.17. The zero-order chi connectivity index (χ0) is 23.9. The standard InChI is InChI=1S/C21H26F3N3O4S/c1-13(2)12-32(30,31)26-11-17-8-7-16(10-25-17)14-3-5-15(6-4-14)19(28)18(9-22)27-21(29)20(23)24/h3-8,10,13,18-20,26,28H,9,11-12H2,1-2H3,(H,27,29)/t18-,19+/m1/s1. The van der Waals surface area contributed by atoms with E-state index in [4.69, 9.17) is 0 Å². The zero-order valence-corrected chi connectivity index (χ0v) is 18.4. The second kappa shape index (κ2) is 11.4. The molecule has 0 spiro atoms. The Morgan fingerprint density at radius 2 is 1.72 bits per heavy atom. The number of halogens is 3. The Morgan fingerprint density at radius 1 is 1.09 bits per heavy atom. The van der Waals surface area contributed by atoms with Crippen LogP contribution in [0, 0.1) is 5.92 Å². The number of benzene rings is 1. The zero-order valence-electron chi connectivity index (χ0n) is 17.6. The normalized spacial score (nSPS) is 13.9. The number of amides is 1. The number of nitrogens with zero attached hydrogens (tertiary/aromatic N) is 1. The van der Waals surface area contributed by atoms with E-state index >= 15 is 0 Å². The maximum atomic E-state index is 13.1. The van der Waals surface area contributed by atoms with Gasteiger partial charge in [-0.25, -0.2) is 17.5 Å². The molecule has 0 aliphatic rings. The third-order valence-corrected chi connectivity index (χ3v) is 6.20. The summed E-state index contributed by atoms with van der Waals surface area (Å²) in [5.74, 6) is -1.62. The fraction of sp³-hybridized carbons (Fsp3) is 0.429. The summed E-state index contributed by atoms with van der Waals surface area (Å²) in [6.07, 6.45) is -3.25. The van der Waals surface area contributed by atoms with Crippen molar-refractivity contribution in [1.29, 1.82) is 0 Å². The number of nitrogens with one attached hydrogen (secondary N) is 2. The number of carbonyl (C=O) groups is 1. The summed E-state index contributed by atoms with van der Waals surface area (Å²) < 4.78 is 64.2. The minimum absolute atomic E-state index is 0.00471. The number of hydrogen-bond acceptors (Lipinski definition) is 5. The molecule has 2 rings (SSSR count). The highest BCUT2D eigenvalue weighted by Gasteiger charge is 2.26. The Kier molecular flexibility index (Phi) is 9.17. The molecule has 11 heteroatoms. The molecule has 7 nitrogen and oxygen atoms in total. The number of alkyl halides is 3. The predicted molar refractivity (Wildman–Crippen MR) is 114 cm³/mol. The fourth-order valence-electron chi connectivity index (χ4n) is 2.93. The molecular weight excluding hydrogens is 447 g/mol. The van der Waals surface area contributed by atoms with Gasteiger partial charge in [-0.2, -0.15) is 8.78 Å². The van der Waals surface area contributed by atoms with Crippen molar-refractivity contribution in [2.45, 2.75) is 39.0 Å². The van der Waals surface area contributed by atoms with Crippen molar-refractivity contribution in [3.05, 3.63) is 53.9 Å². The van der Waals surface area contributed by atoms with E-state index in [1.807, 2.05) is 13.8 Å². The van der Waals surface area contributed by atoms with Gasteiger partial charge in [0.15, 0.2) is 0 Å². The summed E-state index contributed by atoms with van der Waals surface area (Å²) in [7, 11) is -3.38. The molecule has 0 radical (unpaired) electrons. The Morgan fingerprint density at radius 3 is 2.22 bits per heavy atom. The second-order valence-electron chi connectivity index (χ2n) is 7.67. The number of aliphatic hydroxyl groups excluding tert-OH is 1. The van der Waals surface area contributed by atoms with E-state index in [1.54, 1.807) is 35.8 Å². The van der Waals surface area contributed by atoms with Gasteiger partial charge in [0.05, 0.1) is 24.0 Å². The van der Waals surface area contributed by atoms with E-state index in [-0.39, 0.29) is 23.8 Å². The molecule has 0 saturated carbocycles. The molecule has 0 saturated heterocycles. The van der Waals surface area contributed by atoms with Gasteiger partial charge in [0.2, 0.25) is 10.0 Å². The monoisotopic (exact) mass is 473 g/mol. The topological polar surface area (TPSA) is 108 Å². The third kappa shape index (κ3) is 7.57. The second-order valence-corrected chi connectivity index (χ2v) is 9.52. The first-order valence-corrected chi connectivity index (χ1v) is 11.5. The number of aliphatic hydroxyl groups is 1. The van der Waals surface area contributed by atoms with Gasteiger partial charge in [-0.15, -0.1) is 0 Å². The molecule has 3 N–H and O–H groups in total. The molecule has 32 heavy (non-hydrogen) atoms. The number of sulfonamides is 1. The Bertz CT molecular complexity index is 984. The molecule has 0 fully saturated rings. The highest BCUT2D eigenvalue weighted by Crippen LogP contribution is 2.24. The molecule has 2 atom stereocenters. The van der Waals surface area contributed by atoms with E-state index in [2.05, 4.69) is 9.71 Å². The summed E-state index contributed by atoms with van der Waals surface area (Å²) in [5, 5.41) is 12.0. The first-order chi connectivity index (χ1) is 15.0. The maximum Gasteiger partial charge on any atom is 0.315 e. The van der Waals surface area contributed by atoms with Crippen molar-refractivity contribution >= 4 is 15.9 Å². The lowest BCUT2D eigenvalue weighted by Gasteiger charge is -2.22. The molecule has 0 aliphatic heterocycles. The molecule has 0 aliphatic carbocycles. The van der Waals surface area contributed by atoms with Gasteiger partial charge >= 0.3 is 6.43 Å². The minimum atomic E-state index is -3.38.